The van der Waals surface area contributed by atoms with Crippen LogP contribution in [0, 0.1) is 5.92 Å². The topological polar surface area (TPSA) is 97.3 Å². The van der Waals surface area contributed by atoms with E-state index in [4.69, 9.17) is 14.2 Å². The van der Waals surface area contributed by atoms with E-state index in [1.807, 2.05) is 35.2 Å². The standard InChI is InChI=1S/C28H37N5O5/c1-36-21-8-9-23(25(17-21)37-2)24-10-11-26(30-29-24)31-12-14-32(15-13-31)27(34)19-33(18-22-7-4-16-38-22)28(35)20-5-3-6-20/h8-11,17,20,22H,3-7,12-16,18-19H2,1-2H3. The minimum atomic E-state index is 0.00310. The summed E-state index contributed by atoms with van der Waals surface area (Å²) >= 11 is 0. The number of nitrogens with zero attached hydrogens (tertiary/aromatic N) is 5. The Labute approximate surface area is 223 Å². The molecule has 3 heterocycles. The summed E-state index contributed by atoms with van der Waals surface area (Å²) in [6.07, 6.45) is 4.97. The van der Waals surface area contributed by atoms with Crippen molar-refractivity contribution in [1.29, 1.82) is 0 Å². The Balaban J connectivity index is 1.17. The summed E-state index contributed by atoms with van der Waals surface area (Å²) in [7, 11) is 3.23. The van der Waals surface area contributed by atoms with Crippen molar-refractivity contribution in [2.24, 2.45) is 5.92 Å². The third-order valence-electron chi connectivity index (χ3n) is 7.83. The van der Waals surface area contributed by atoms with Gasteiger partial charge in [-0.2, -0.15) is 0 Å². The van der Waals surface area contributed by atoms with E-state index in [1.165, 1.54) is 0 Å². The van der Waals surface area contributed by atoms with Crippen LogP contribution in [0.1, 0.15) is 32.1 Å². The fourth-order valence-corrected chi connectivity index (χ4v) is 5.28. The summed E-state index contributed by atoms with van der Waals surface area (Å²) in [6.45, 7) is 3.88. The molecule has 1 atom stereocenters. The number of carbonyl (C=O) groups is 2. The minimum Gasteiger partial charge on any atom is -0.497 e. The number of methoxy groups -OCH3 is 2. The van der Waals surface area contributed by atoms with E-state index in [1.54, 1.807) is 19.1 Å². The SMILES string of the molecule is COc1ccc(-c2ccc(N3CCN(C(=O)CN(CC4CCCO4)C(=O)C4CCC4)CC3)nn2)c(OC)c1. The molecule has 3 fully saturated rings. The Morgan fingerprint density at radius 3 is 2.42 bits per heavy atom. The Morgan fingerprint density at radius 1 is 1.00 bits per heavy atom. The molecule has 1 aromatic heterocycles. The van der Waals surface area contributed by atoms with Crippen LogP contribution in [-0.4, -0.2) is 98.0 Å². The van der Waals surface area contributed by atoms with E-state index in [0.29, 0.717) is 49.9 Å². The van der Waals surface area contributed by atoms with Gasteiger partial charge in [0.2, 0.25) is 11.8 Å². The van der Waals surface area contributed by atoms with E-state index in [2.05, 4.69) is 15.1 Å². The summed E-state index contributed by atoms with van der Waals surface area (Å²) in [5.74, 6) is 2.34. The second kappa shape index (κ2) is 12.0. The lowest BCUT2D eigenvalue weighted by atomic mass is 9.84. The van der Waals surface area contributed by atoms with Crippen LogP contribution in [0.4, 0.5) is 5.82 Å². The molecule has 0 spiro atoms. The fourth-order valence-electron chi connectivity index (χ4n) is 5.28. The molecule has 0 N–H and O–H groups in total. The normalized spacial score (nSPS) is 19.7. The van der Waals surface area contributed by atoms with Crippen LogP contribution in [0.3, 0.4) is 0 Å². The van der Waals surface area contributed by atoms with Gasteiger partial charge in [-0.3, -0.25) is 9.59 Å². The molecule has 5 rings (SSSR count). The van der Waals surface area contributed by atoms with E-state index in [9.17, 15) is 9.59 Å². The van der Waals surface area contributed by atoms with Gasteiger partial charge in [0, 0.05) is 56.9 Å². The van der Waals surface area contributed by atoms with E-state index in [-0.39, 0.29) is 30.4 Å². The van der Waals surface area contributed by atoms with Crippen LogP contribution >= 0.6 is 0 Å². The monoisotopic (exact) mass is 523 g/mol. The molecule has 0 radical (unpaired) electrons. The quantitative estimate of drug-likeness (QED) is 0.495. The van der Waals surface area contributed by atoms with Gasteiger partial charge in [-0.05, 0) is 49.9 Å². The molecule has 10 heteroatoms. The highest BCUT2D eigenvalue weighted by molar-refractivity contribution is 5.86. The Kier molecular flexibility index (Phi) is 8.26. The molecule has 10 nitrogen and oxygen atoms in total. The van der Waals surface area contributed by atoms with Crippen LogP contribution in [0.5, 0.6) is 11.5 Å². The van der Waals surface area contributed by atoms with Gasteiger partial charge in [-0.1, -0.05) is 6.42 Å². The molecule has 38 heavy (non-hydrogen) atoms. The molecule has 2 saturated heterocycles. The molecule has 1 unspecified atom stereocenters. The number of aromatic nitrogens is 2. The van der Waals surface area contributed by atoms with Crippen molar-refractivity contribution in [2.45, 2.75) is 38.2 Å². The predicted molar refractivity (Wildman–Crippen MR) is 142 cm³/mol. The van der Waals surface area contributed by atoms with Crippen molar-refractivity contribution in [3.63, 3.8) is 0 Å². The summed E-state index contributed by atoms with van der Waals surface area (Å²) in [5, 5.41) is 8.88. The maximum absolute atomic E-state index is 13.2. The highest BCUT2D eigenvalue weighted by Crippen LogP contribution is 2.32. The number of hydrogen-bond acceptors (Lipinski definition) is 8. The van der Waals surface area contributed by atoms with Crippen molar-refractivity contribution in [3.8, 4) is 22.8 Å². The second-order valence-electron chi connectivity index (χ2n) is 10.2. The third-order valence-corrected chi connectivity index (χ3v) is 7.83. The van der Waals surface area contributed by atoms with Gasteiger partial charge < -0.3 is 28.9 Å². The van der Waals surface area contributed by atoms with Gasteiger partial charge in [0.1, 0.15) is 11.5 Å². The number of carbonyl (C=O) groups excluding carboxylic acids is 2. The Bertz CT molecular complexity index is 1110. The molecule has 0 bridgehead atoms. The summed E-state index contributed by atoms with van der Waals surface area (Å²) in [5.41, 5.74) is 1.55. The van der Waals surface area contributed by atoms with Crippen LogP contribution in [0.2, 0.25) is 0 Å². The number of anilines is 1. The highest BCUT2D eigenvalue weighted by Gasteiger charge is 2.34. The first kappa shape index (κ1) is 26.2. The van der Waals surface area contributed by atoms with Crippen molar-refractivity contribution in [2.75, 3.05) is 65.0 Å². The van der Waals surface area contributed by atoms with Gasteiger partial charge >= 0.3 is 0 Å². The van der Waals surface area contributed by atoms with Crippen LogP contribution < -0.4 is 14.4 Å². The molecule has 204 valence electrons. The van der Waals surface area contributed by atoms with Crippen molar-refractivity contribution >= 4 is 17.6 Å². The maximum Gasteiger partial charge on any atom is 0.242 e. The van der Waals surface area contributed by atoms with Crippen LogP contribution in [0.15, 0.2) is 30.3 Å². The lowest BCUT2D eigenvalue weighted by Gasteiger charge is -2.37. The molecule has 1 aliphatic carbocycles. The van der Waals surface area contributed by atoms with Crippen molar-refractivity contribution in [3.05, 3.63) is 30.3 Å². The van der Waals surface area contributed by atoms with Crippen molar-refractivity contribution in [1.82, 2.24) is 20.0 Å². The largest absolute Gasteiger partial charge is 0.497 e. The predicted octanol–water partition coefficient (Wildman–Crippen LogP) is 2.62. The summed E-state index contributed by atoms with van der Waals surface area (Å²) in [6, 6.07) is 9.47. The van der Waals surface area contributed by atoms with Crippen LogP contribution in [-0.2, 0) is 14.3 Å². The molecular weight excluding hydrogens is 486 g/mol. The number of hydrogen-bond donors (Lipinski definition) is 0. The zero-order chi connectivity index (χ0) is 26.5. The molecule has 1 aromatic carbocycles. The van der Waals surface area contributed by atoms with E-state index >= 15 is 0 Å². The molecule has 2 aliphatic heterocycles. The van der Waals surface area contributed by atoms with Gasteiger partial charge in [-0.25, -0.2) is 0 Å². The second-order valence-corrected chi connectivity index (χ2v) is 10.2. The van der Waals surface area contributed by atoms with Gasteiger partial charge in [0.05, 0.1) is 32.6 Å². The summed E-state index contributed by atoms with van der Waals surface area (Å²) < 4.78 is 16.5. The van der Waals surface area contributed by atoms with Crippen molar-refractivity contribution < 1.29 is 23.8 Å². The average Bonchev–Trinajstić information content (AvgIpc) is 3.44. The fraction of sp³-hybridized carbons (Fsp3) is 0.571. The number of ether oxygens (including phenoxy) is 3. The van der Waals surface area contributed by atoms with Crippen LogP contribution in [0.25, 0.3) is 11.3 Å². The maximum atomic E-state index is 13.2. The number of amides is 2. The smallest absolute Gasteiger partial charge is 0.242 e. The molecular formula is C28H37N5O5. The molecule has 2 amide bonds. The lowest BCUT2D eigenvalue weighted by molar-refractivity contribution is -0.146. The zero-order valence-electron chi connectivity index (χ0n) is 22.3. The van der Waals surface area contributed by atoms with E-state index in [0.717, 1.165) is 50.1 Å². The first-order valence-corrected chi connectivity index (χ1v) is 13.5. The highest BCUT2D eigenvalue weighted by atomic mass is 16.5. The zero-order valence-corrected chi connectivity index (χ0v) is 22.3. The molecule has 1 saturated carbocycles. The molecule has 3 aliphatic rings. The van der Waals surface area contributed by atoms with Gasteiger partial charge in [-0.15, -0.1) is 10.2 Å². The lowest BCUT2D eigenvalue weighted by Crippen LogP contribution is -2.53. The van der Waals surface area contributed by atoms with Gasteiger partial charge in [0.15, 0.2) is 5.82 Å². The number of rotatable bonds is 9. The van der Waals surface area contributed by atoms with Gasteiger partial charge in [0.25, 0.3) is 0 Å². The third kappa shape index (κ3) is 5.85. The molecule has 2 aromatic rings. The Hall–Kier alpha value is -3.40. The minimum absolute atomic E-state index is 0.00310. The summed E-state index contributed by atoms with van der Waals surface area (Å²) in [4.78, 5) is 32.0. The number of benzene rings is 1. The number of piperazine rings is 1. The van der Waals surface area contributed by atoms with E-state index < -0.39 is 0 Å². The Morgan fingerprint density at radius 2 is 1.82 bits per heavy atom. The first-order valence-electron chi connectivity index (χ1n) is 13.5. The average molecular weight is 524 g/mol. The first-order chi connectivity index (χ1) is 18.6.